The van der Waals surface area contributed by atoms with Crippen LogP contribution in [0, 0.1) is 0 Å². The second-order valence-electron chi connectivity index (χ2n) is 5.48. The van der Waals surface area contributed by atoms with Crippen LogP contribution < -0.4 is 5.56 Å². The van der Waals surface area contributed by atoms with Crippen molar-refractivity contribution in [1.82, 2.24) is 25.1 Å². The molecule has 24 heavy (non-hydrogen) atoms. The van der Waals surface area contributed by atoms with E-state index in [9.17, 15) is 9.59 Å². The summed E-state index contributed by atoms with van der Waals surface area (Å²) in [4.78, 5) is 33.5. The molecule has 0 atom stereocenters. The molecule has 2 aromatic heterocycles. The zero-order valence-electron chi connectivity index (χ0n) is 13.7. The molecule has 0 fully saturated rings. The van der Waals surface area contributed by atoms with Gasteiger partial charge in [0.15, 0.2) is 0 Å². The molecule has 0 unspecified atom stereocenters. The molecular formula is C17H19N5O2. The first-order chi connectivity index (χ1) is 11.6. The van der Waals surface area contributed by atoms with E-state index in [1.54, 1.807) is 29.2 Å². The lowest BCUT2D eigenvalue weighted by atomic mass is 10.2. The first kappa shape index (κ1) is 15.9. The van der Waals surface area contributed by atoms with Crippen molar-refractivity contribution >= 4 is 16.8 Å². The second kappa shape index (κ2) is 6.66. The van der Waals surface area contributed by atoms with Crippen LogP contribution >= 0.6 is 0 Å². The van der Waals surface area contributed by atoms with E-state index < -0.39 is 0 Å². The second-order valence-corrected chi connectivity index (χ2v) is 5.48. The van der Waals surface area contributed by atoms with Crippen molar-refractivity contribution in [3.05, 3.63) is 57.9 Å². The highest BCUT2D eigenvalue weighted by molar-refractivity contribution is 5.92. The molecule has 3 aromatic rings. The number of aryl methyl sites for hydroxylation is 1. The fourth-order valence-corrected chi connectivity index (χ4v) is 2.53. The number of hydrogen-bond donors (Lipinski definition) is 2. The van der Waals surface area contributed by atoms with Gasteiger partial charge in [-0.2, -0.15) is 5.10 Å². The summed E-state index contributed by atoms with van der Waals surface area (Å²) in [7, 11) is 0. The molecule has 2 heterocycles. The molecule has 3 rings (SSSR count). The fourth-order valence-electron chi connectivity index (χ4n) is 2.53. The van der Waals surface area contributed by atoms with E-state index in [1.807, 2.05) is 19.9 Å². The normalized spacial score (nSPS) is 10.9. The van der Waals surface area contributed by atoms with Crippen LogP contribution in [-0.2, 0) is 13.0 Å². The predicted molar refractivity (Wildman–Crippen MR) is 90.7 cm³/mol. The van der Waals surface area contributed by atoms with Crippen LogP contribution in [0.15, 0.2) is 35.1 Å². The lowest BCUT2D eigenvalue weighted by molar-refractivity contribution is 0.0742. The molecule has 7 heteroatoms. The number of nitrogens with one attached hydrogen (secondary N) is 2. The van der Waals surface area contributed by atoms with Gasteiger partial charge in [-0.3, -0.25) is 14.7 Å². The Morgan fingerprint density at radius 2 is 2.04 bits per heavy atom. The van der Waals surface area contributed by atoms with Crippen molar-refractivity contribution in [2.75, 3.05) is 6.54 Å². The number of rotatable bonds is 5. The highest BCUT2D eigenvalue weighted by Gasteiger charge is 2.18. The maximum Gasteiger partial charge on any atom is 0.274 e. The Labute approximate surface area is 138 Å². The Hall–Kier alpha value is -2.96. The van der Waals surface area contributed by atoms with Gasteiger partial charge in [-0.1, -0.05) is 19.1 Å². The number of H-pyrrole nitrogens is 2. The van der Waals surface area contributed by atoms with Gasteiger partial charge in [0.1, 0.15) is 11.5 Å². The van der Waals surface area contributed by atoms with Crippen molar-refractivity contribution in [3.8, 4) is 0 Å². The quantitative estimate of drug-likeness (QED) is 0.748. The average Bonchev–Trinajstić information content (AvgIpc) is 3.08. The molecule has 0 saturated heterocycles. The van der Waals surface area contributed by atoms with Crippen molar-refractivity contribution < 1.29 is 4.79 Å². The summed E-state index contributed by atoms with van der Waals surface area (Å²) in [5, 5.41) is 7.44. The van der Waals surface area contributed by atoms with E-state index in [0.29, 0.717) is 29.0 Å². The fraction of sp³-hybridized carbons (Fsp3) is 0.294. The minimum atomic E-state index is -0.202. The van der Waals surface area contributed by atoms with Gasteiger partial charge in [-0.05, 0) is 31.5 Å². The molecule has 0 bridgehead atoms. The van der Waals surface area contributed by atoms with Gasteiger partial charge in [0.25, 0.3) is 11.5 Å². The number of hydrogen-bond acceptors (Lipinski definition) is 4. The lowest BCUT2D eigenvalue weighted by Crippen LogP contribution is -2.32. The maximum atomic E-state index is 12.6. The Kier molecular flexibility index (Phi) is 4.41. The van der Waals surface area contributed by atoms with Crippen molar-refractivity contribution in [2.24, 2.45) is 0 Å². The number of amides is 1. The molecule has 0 aliphatic rings. The smallest absolute Gasteiger partial charge is 0.274 e. The van der Waals surface area contributed by atoms with Crippen molar-refractivity contribution in [3.63, 3.8) is 0 Å². The minimum absolute atomic E-state index is 0.191. The SMILES string of the molecule is CCc1cc(C(=O)N(CC)Cc2nc3ccccc3c(=O)[nH]2)n[nH]1. The molecular weight excluding hydrogens is 306 g/mol. The standard InChI is InChI=1S/C17H19N5O2/c1-3-11-9-14(21-20-11)17(24)22(4-2)10-15-18-13-8-6-5-7-12(13)16(23)19-15/h5-9H,3-4,10H2,1-2H3,(H,20,21)(H,18,19,23). The Morgan fingerprint density at radius 1 is 1.25 bits per heavy atom. The molecule has 124 valence electrons. The molecule has 7 nitrogen and oxygen atoms in total. The zero-order chi connectivity index (χ0) is 17.1. The van der Waals surface area contributed by atoms with Gasteiger partial charge in [-0.15, -0.1) is 0 Å². The predicted octanol–water partition coefficient (Wildman–Crippen LogP) is 1.87. The van der Waals surface area contributed by atoms with Crippen LogP contribution in [0.25, 0.3) is 10.9 Å². The van der Waals surface area contributed by atoms with Gasteiger partial charge in [0.2, 0.25) is 0 Å². The van der Waals surface area contributed by atoms with Crippen LogP contribution in [0.2, 0.25) is 0 Å². The van der Waals surface area contributed by atoms with E-state index >= 15 is 0 Å². The first-order valence-corrected chi connectivity index (χ1v) is 7.93. The lowest BCUT2D eigenvalue weighted by Gasteiger charge is -2.19. The van der Waals surface area contributed by atoms with Crippen molar-refractivity contribution in [1.29, 1.82) is 0 Å². The molecule has 2 N–H and O–H groups in total. The third kappa shape index (κ3) is 3.05. The maximum absolute atomic E-state index is 12.6. The van der Waals surface area contributed by atoms with Gasteiger partial charge >= 0.3 is 0 Å². The zero-order valence-corrected chi connectivity index (χ0v) is 13.7. The summed E-state index contributed by atoms with van der Waals surface area (Å²) in [5.41, 5.74) is 1.70. The largest absolute Gasteiger partial charge is 0.330 e. The molecule has 0 aliphatic heterocycles. The monoisotopic (exact) mass is 325 g/mol. The van der Waals surface area contributed by atoms with Crippen LogP contribution in [0.3, 0.4) is 0 Å². The van der Waals surface area contributed by atoms with Gasteiger partial charge < -0.3 is 9.88 Å². The Bertz CT molecular complexity index is 928. The highest BCUT2D eigenvalue weighted by Crippen LogP contribution is 2.10. The number of para-hydroxylation sites is 1. The third-order valence-corrected chi connectivity index (χ3v) is 3.90. The molecule has 0 spiro atoms. The summed E-state index contributed by atoms with van der Waals surface area (Å²) in [6, 6.07) is 8.89. The van der Waals surface area contributed by atoms with E-state index in [4.69, 9.17) is 0 Å². The van der Waals surface area contributed by atoms with E-state index in [2.05, 4.69) is 20.2 Å². The van der Waals surface area contributed by atoms with Gasteiger partial charge in [0.05, 0.1) is 17.4 Å². The van der Waals surface area contributed by atoms with Gasteiger partial charge in [0, 0.05) is 12.2 Å². The first-order valence-electron chi connectivity index (χ1n) is 7.93. The Morgan fingerprint density at radius 3 is 2.75 bits per heavy atom. The molecule has 1 amide bonds. The van der Waals surface area contributed by atoms with Gasteiger partial charge in [-0.25, -0.2) is 4.98 Å². The number of nitrogens with zero attached hydrogens (tertiary/aromatic N) is 3. The third-order valence-electron chi connectivity index (χ3n) is 3.90. The minimum Gasteiger partial charge on any atom is -0.330 e. The number of aromatic nitrogens is 4. The number of benzene rings is 1. The average molecular weight is 325 g/mol. The van der Waals surface area contributed by atoms with Crippen LogP contribution in [0.1, 0.15) is 35.9 Å². The van der Waals surface area contributed by atoms with Crippen molar-refractivity contribution in [2.45, 2.75) is 26.8 Å². The Balaban J connectivity index is 1.87. The topological polar surface area (TPSA) is 94.7 Å². The molecule has 0 radical (unpaired) electrons. The number of carbonyl (C=O) groups excluding carboxylic acids is 1. The summed E-state index contributed by atoms with van der Waals surface area (Å²) in [5.74, 6) is 0.268. The van der Waals surface area contributed by atoms with E-state index in [1.165, 1.54) is 0 Å². The highest BCUT2D eigenvalue weighted by atomic mass is 16.2. The molecule has 0 aliphatic carbocycles. The van der Waals surface area contributed by atoms with Crippen LogP contribution in [0.5, 0.6) is 0 Å². The number of fused-ring (bicyclic) bond motifs is 1. The van der Waals surface area contributed by atoms with Crippen LogP contribution in [-0.4, -0.2) is 37.5 Å². The summed E-state index contributed by atoms with van der Waals surface area (Å²) >= 11 is 0. The summed E-state index contributed by atoms with van der Waals surface area (Å²) in [6.07, 6.45) is 0.784. The molecule has 0 saturated carbocycles. The van der Waals surface area contributed by atoms with Crippen LogP contribution in [0.4, 0.5) is 0 Å². The number of aromatic amines is 2. The number of carbonyl (C=O) groups is 1. The van der Waals surface area contributed by atoms with E-state index in [-0.39, 0.29) is 18.0 Å². The molecule has 1 aromatic carbocycles. The summed E-state index contributed by atoms with van der Waals surface area (Å²) in [6.45, 7) is 4.58. The van der Waals surface area contributed by atoms with E-state index in [0.717, 1.165) is 12.1 Å². The summed E-state index contributed by atoms with van der Waals surface area (Å²) < 4.78 is 0.